The Morgan fingerprint density at radius 3 is 2.62 bits per heavy atom. The number of nitrogens with one attached hydrogen (secondary N) is 1. The van der Waals surface area contributed by atoms with Crippen LogP contribution in [0.5, 0.6) is 17.2 Å². The molecule has 1 aliphatic rings. The first-order valence-electron chi connectivity index (χ1n) is 10.5. The minimum atomic E-state index is -0.441. The molecule has 3 aromatic rings. The summed E-state index contributed by atoms with van der Waals surface area (Å²) in [5, 5.41) is 28.4. The summed E-state index contributed by atoms with van der Waals surface area (Å²) in [4.78, 5) is 15.2. The van der Waals surface area contributed by atoms with Crippen molar-refractivity contribution in [2.75, 3.05) is 13.7 Å². The second kappa shape index (κ2) is 8.50. The molecule has 0 saturated heterocycles. The maximum atomic E-state index is 13.4. The van der Waals surface area contributed by atoms with Crippen molar-refractivity contribution in [2.45, 2.75) is 39.7 Å². The fourth-order valence-electron chi connectivity index (χ4n) is 4.45. The van der Waals surface area contributed by atoms with Gasteiger partial charge in [0.25, 0.3) is 5.91 Å². The van der Waals surface area contributed by atoms with E-state index in [2.05, 4.69) is 33.1 Å². The summed E-state index contributed by atoms with van der Waals surface area (Å²) >= 11 is 3.40. The molecule has 0 saturated carbocycles. The van der Waals surface area contributed by atoms with Crippen molar-refractivity contribution in [1.82, 2.24) is 15.1 Å². The molecule has 1 amide bonds. The number of aromatic nitrogens is 2. The van der Waals surface area contributed by atoms with Crippen LogP contribution in [0.4, 0.5) is 0 Å². The van der Waals surface area contributed by atoms with Gasteiger partial charge < -0.3 is 19.8 Å². The number of aromatic amines is 1. The minimum absolute atomic E-state index is 0.000320. The fourth-order valence-corrected chi connectivity index (χ4v) is 4.91. The molecule has 1 aliphatic heterocycles. The van der Waals surface area contributed by atoms with Gasteiger partial charge in [0.15, 0.2) is 11.5 Å². The SMILES string of the molecule is CCCCN1C(=O)c2[nH]nc(-c3c(C)cc(C)cc3O)c2C1c1cc(Br)c(O)c(OC)c1. The van der Waals surface area contributed by atoms with E-state index in [0.29, 0.717) is 39.3 Å². The number of unbranched alkanes of at least 4 members (excludes halogenated alkanes) is 1. The average molecular weight is 500 g/mol. The fraction of sp³-hybridized carbons (Fsp3) is 0.333. The number of phenolic OH excluding ortho intramolecular Hbond substituents is 2. The van der Waals surface area contributed by atoms with Crippen molar-refractivity contribution in [3.8, 4) is 28.5 Å². The number of amides is 1. The highest BCUT2D eigenvalue weighted by Crippen LogP contribution is 2.48. The Hall–Kier alpha value is -3.00. The monoisotopic (exact) mass is 499 g/mol. The molecule has 0 spiro atoms. The van der Waals surface area contributed by atoms with Gasteiger partial charge in [0, 0.05) is 17.7 Å². The quantitative estimate of drug-likeness (QED) is 0.431. The minimum Gasteiger partial charge on any atom is -0.507 e. The molecular formula is C24H26BrN3O4. The number of phenols is 2. The van der Waals surface area contributed by atoms with Crippen LogP contribution in [-0.4, -0.2) is 44.9 Å². The van der Waals surface area contributed by atoms with Gasteiger partial charge in [0.05, 0.1) is 17.6 Å². The maximum Gasteiger partial charge on any atom is 0.273 e. The van der Waals surface area contributed by atoms with Gasteiger partial charge in [0.1, 0.15) is 17.1 Å². The first kappa shape index (κ1) is 22.2. The van der Waals surface area contributed by atoms with Crippen LogP contribution in [0.15, 0.2) is 28.7 Å². The molecule has 2 aromatic carbocycles. The first-order chi connectivity index (χ1) is 15.3. The number of benzene rings is 2. The molecule has 0 aliphatic carbocycles. The van der Waals surface area contributed by atoms with Gasteiger partial charge in [-0.15, -0.1) is 0 Å². The third kappa shape index (κ3) is 3.52. The number of halogens is 1. The number of hydrogen-bond donors (Lipinski definition) is 3. The van der Waals surface area contributed by atoms with Crippen LogP contribution in [0.3, 0.4) is 0 Å². The van der Waals surface area contributed by atoms with Crippen molar-refractivity contribution >= 4 is 21.8 Å². The van der Waals surface area contributed by atoms with Crippen LogP contribution >= 0.6 is 15.9 Å². The van der Waals surface area contributed by atoms with E-state index in [9.17, 15) is 15.0 Å². The standard InChI is InChI=1S/C24H26BrN3O4/c1-5-6-7-28-22(14-10-15(25)23(30)17(11-14)32-4)19-20(26-27-21(19)24(28)31)18-13(3)8-12(2)9-16(18)29/h8-11,22,29-30H,5-7H2,1-4H3,(H,26,27). The Morgan fingerprint density at radius 2 is 1.97 bits per heavy atom. The first-order valence-corrected chi connectivity index (χ1v) is 11.3. The van der Waals surface area contributed by atoms with Gasteiger partial charge in [-0.05, 0) is 71.1 Å². The molecular weight excluding hydrogens is 474 g/mol. The molecule has 2 heterocycles. The van der Waals surface area contributed by atoms with E-state index in [1.165, 1.54) is 7.11 Å². The lowest BCUT2D eigenvalue weighted by atomic mass is 9.93. The maximum absolute atomic E-state index is 13.4. The van der Waals surface area contributed by atoms with E-state index in [0.717, 1.165) is 29.5 Å². The number of rotatable bonds is 6. The Labute approximate surface area is 195 Å². The number of hydrogen-bond acceptors (Lipinski definition) is 5. The lowest BCUT2D eigenvalue weighted by Crippen LogP contribution is -2.30. The predicted octanol–water partition coefficient (Wildman–Crippen LogP) is 5.22. The van der Waals surface area contributed by atoms with Crippen molar-refractivity contribution in [3.05, 3.63) is 56.7 Å². The van der Waals surface area contributed by atoms with Gasteiger partial charge in [-0.3, -0.25) is 9.89 Å². The van der Waals surface area contributed by atoms with E-state index >= 15 is 0 Å². The summed E-state index contributed by atoms with van der Waals surface area (Å²) in [6, 6.07) is 6.78. The Bertz CT molecular complexity index is 1180. The van der Waals surface area contributed by atoms with E-state index in [4.69, 9.17) is 4.74 Å². The highest BCUT2D eigenvalue weighted by molar-refractivity contribution is 9.10. The zero-order valence-electron chi connectivity index (χ0n) is 18.5. The summed E-state index contributed by atoms with van der Waals surface area (Å²) in [5.41, 5.74) is 4.89. The van der Waals surface area contributed by atoms with Crippen LogP contribution in [0.2, 0.25) is 0 Å². The van der Waals surface area contributed by atoms with E-state index < -0.39 is 6.04 Å². The number of methoxy groups -OCH3 is 1. The van der Waals surface area contributed by atoms with Gasteiger partial charge in [-0.2, -0.15) is 5.10 Å². The third-order valence-corrected chi connectivity index (χ3v) is 6.50. The van der Waals surface area contributed by atoms with Crippen molar-refractivity contribution in [3.63, 3.8) is 0 Å². The number of carbonyl (C=O) groups is 1. The smallest absolute Gasteiger partial charge is 0.273 e. The number of H-pyrrole nitrogens is 1. The largest absolute Gasteiger partial charge is 0.507 e. The summed E-state index contributed by atoms with van der Waals surface area (Å²) in [5.74, 6) is 0.301. The Morgan fingerprint density at radius 1 is 1.22 bits per heavy atom. The lowest BCUT2D eigenvalue weighted by molar-refractivity contribution is 0.0741. The molecule has 1 unspecified atom stereocenters. The lowest BCUT2D eigenvalue weighted by Gasteiger charge is -2.27. The highest BCUT2D eigenvalue weighted by Gasteiger charge is 2.42. The Kier molecular flexibility index (Phi) is 5.90. The number of aryl methyl sites for hydroxylation is 2. The zero-order valence-corrected chi connectivity index (χ0v) is 20.1. The Balaban J connectivity index is 1.96. The topological polar surface area (TPSA) is 98.7 Å². The van der Waals surface area contributed by atoms with Gasteiger partial charge in [-0.25, -0.2) is 0 Å². The second-order valence-corrected chi connectivity index (χ2v) is 9.00. The number of nitrogens with zero attached hydrogens (tertiary/aromatic N) is 2. The predicted molar refractivity (Wildman–Crippen MR) is 125 cm³/mol. The van der Waals surface area contributed by atoms with Crippen LogP contribution in [0.1, 0.15) is 58.5 Å². The molecule has 7 nitrogen and oxygen atoms in total. The van der Waals surface area contributed by atoms with Crippen molar-refractivity contribution < 1.29 is 19.7 Å². The highest BCUT2D eigenvalue weighted by atomic mass is 79.9. The summed E-state index contributed by atoms with van der Waals surface area (Å²) in [6.07, 6.45) is 1.79. The molecule has 32 heavy (non-hydrogen) atoms. The third-order valence-electron chi connectivity index (χ3n) is 5.90. The summed E-state index contributed by atoms with van der Waals surface area (Å²) in [7, 11) is 1.49. The molecule has 3 N–H and O–H groups in total. The van der Waals surface area contributed by atoms with E-state index in [1.54, 1.807) is 18.2 Å². The number of carbonyl (C=O) groups excluding carboxylic acids is 1. The number of fused-ring (bicyclic) bond motifs is 1. The molecule has 168 valence electrons. The number of aromatic hydroxyl groups is 2. The molecule has 1 aromatic heterocycles. The van der Waals surface area contributed by atoms with Crippen molar-refractivity contribution in [1.29, 1.82) is 0 Å². The molecule has 1 atom stereocenters. The van der Waals surface area contributed by atoms with E-state index in [-0.39, 0.29) is 17.4 Å². The zero-order chi connectivity index (χ0) is 23.2. The molecule has 0 bridgehead atoms. The molecule has 4 rings (SSSR count). The van der Waals surface area contributed by atoms with Gasteiger partial charge >= 0.3 is 0 Å². The molecule has 8 heteroatoms. The van der Waals surface area contributed by atoms with Gasteiger partial charge in [0.2, 0.25) is 0 Å². The van der Waals surface area contributed by atoms with Crippen LogP contribution in [-0.2, 0) is 0 Å². The summed E-state index contributed by atoms with van der Waals surface area (Å²) in [6.45, 7) is 6.49. The van der Waals surface area contributed by atoms with Crippen molar-refractivity contribution in [2.24, 2.45) is 0 Å². The number of ether oxygens (including phenoxy) is 1. The van der Waals surface area contributed by atoms with Crippen LogP contribution in [0.25, 0.3) is 11.3 Å². The van der Waals surface area contributed by atoms with Gasteiger partial charge in [-0.1, -0.05) is 19.4 Å². The summed E-state index contributed by atoms with van der Waals surface area (Å²) < 4.78 is 5.83. The second-order valence-electron chi connectivity index (χ2n) is 8.15. The van der Waals surface area contributed by atoms with Crippen LogP contribution < -0.4 is 4.74 Å². The molecule has 0 fully saturated rings. The normalized spacial score (nSPS) is 15.3. The van der Waals surface area contributed by atoms with Crippen LogP contribution in [0, 0.1) is 13.8 Å². The molecule has 0 radical (unpaired) electrons. The average Bonchev–Trinajstić information content (AvgIpc) is 3.27. The van der Waals surface area contributed by atoms with E-state index in [1.807, 2.05) is 24.8 Å².